The highest BCUT2D eigenvalue weighted by Crippen LogP contribution is 2.21. The summed E-state index contributed by atoms with van der Waals surface area (Å²) in [5, 5.41) is 10.4. The highest BCUT2D eigenvalue weighted by molar-refractivity contribution is 14.1. The molecule has 150 valence electrons. The number of amides is 1. The van der Waals surface area contributed by atoms with Crippen LogP contribution in [0.1, 0.15) is 42.8 Å². The molecule has 1 N–H and O–H groups in total. The number of hydrogen-bond acceptors (Lipinski definition) is 5. The predicted octanol–water partition coefficient (Wildman–Crippen LogP) is 4.41. The lowest BCUT2D eigenvalue weighted by Gasteiger charge is -2.26. The van der Waals surface area contributed by atoms with Gasteiger partial charge in [0.2, 0.25) is 0 Å². The first kappa shape index (κ1) is 22.2. The Morgan fingerprint density at radius 3 is 2.29 bits per heavy atom. The fraction of sp³-hybridized carbons (Fsp3) is 0.333. The molecule has 2 rings (SSSR count). The van der Waals surface area contributed by atoms with Crippen LogP contribution in [0.15, 0.2) is 48.5 Å². The Kier molecular flexibility index (Phi) is 7.42. The molecule has 0 aliphatic carbocycles. The summed E-state index contributed by atoms with van der Waals surface area (Å²) in [6.45, 7) is 5.43. The van der Waals surface area contributed by atoms with Gasteiger partial charge in [0, 0.05) is 10.6 Å². The molecular formula is C21H24INO5. The van der Waals surface area contributed by atoms with Crippen LogP contribution in [0.5, 0.6) is 5.75 Å². The van der Waals surface area contributed by atoms with E-state index < -0.39 is 23.8 Å². The quantitative estimate of drug-likeness (QED) is 0.377. The lowest BCUT2D eigenvalue weighted by Crippen LogP contribution is -2.36. The Balaban J connectivity index is 1.97. The molecule has 0 bridgehead atoms. The fourth-order valence-electron chi connectivity index (χ4n) is 2.33. The van der Waals surface area contributed by atoms with Crippen molar-refractivity contribution in [3.05, 3.63) is 63.2 Å². The number of hydrogen-bond donors (Lipinski definition) is 1. The number of ether oxygens (including phenoxy) is 2. The third-order valence-corrected chi connectivity index (χ3v) is 4.66. The number of aliphatic hydroxyl groups excluding tert-OH is 1. The standard InChI is InChI=1S/C21H24INO5/c1-21(2,3)28-20(26)23(4)13-18(24)14-9-11-15(12-10-14)27-19(25)16-7-5-6-8-17(16)22/h5-12,18,24H,13H2,1-4H3. The largest absolute Gasteiger partial charge is 0.444 e. The minimum Gasteiger partial charge on any atom is -0.444 e. The lowest BCUT2D eigenvalue weighted by molar-refractivity contribution is 0.0205. The first-order chi connectivity index (χ1) is 13.1. The maximum atomic E-state index is 12.3. The van der Waals surface area contributed by atoms with Crippen molar-refractivity contribution < 1.29 is 24.2 Å². The summed E-state index contributed by atoms with van der Waals surface area (Å²) in [5.41, 5.74) is 0.494. The molecule has 0 aliphatic heterocycles. The number of aliphatic hydroxyl groups is 1. The van der Waals surface area contributed by atoms with Gasteiger partial charge in [0.15, 0.2) is 0 Å². The second kappa shape index (κ2) is 9.38. The Bertz CT molecular complexity index is 829. The molecule has 0 radical (unpaired) electrons. The normalized spacial score (nSPS) is 12.2. The van der Waals surface area contributed by atoms with Crippen LogP contribution in [-0.4, -0.2) is 41.3 Å². The number of halogens is 1. The van der Waals surface area contributed by atoms with E-state index >= 15 is 0 Å². The Morgan fingerprint density at radius 2 is 1.71 bits per heavy atom. The molecule has 2 aromatic rings. The summed E-state index contributed by atoms with van der Waals surface area (Å²) in [6.07, 6.45) is -1.40. The zero-order valence-corrected chi connectivity index (χ0v) is 18.5. The van der Waals surface area contributed by atoms with Gasteiger partial charge < -0.3 is 19.5 Å². The van der Waals surface area contributed by atoms with Crippen LogP contribution >= 0.6 is 22.6 Å². The van der Waals surface area contributed by atoms with Crippen molar-refractivity contribution in [1.29, 1.82) is 0 Å². The van der Waals surface area contributed by atoms with E-state index in [-0.39, 0.29) is 6.54 Å². The number of esters is 1. The Hall–Kier alpha value is -2.13. The maximum absolute atomic E-state index is 12.3. The molecule has 28 heavy (non-hydrogen) atoms. The average molecular weight is 497 g/mol. The minimum atomic E-state index is -0.891. The molecule has 2 aromatic carbocycles. The zero-order valence-electron chi connectivity index (χ0n) is 16.3. The van der Waals surface area contributed by atoms with E-state index in [1.54, 1.807) is 64.2 Å². The highest BCUT2D eigenvalue weighted by Gasteiger charge is 2.22. The van der Waals surface area contributed by atoms with Crippen molar-refractivity contribution in [3.63, 3.8) is 0 Å². The van der Waals surface area contributed by atoms with E-state index in [9.17, 15) is 14.7 Å². The molecule has 6 nitrogen and oxygen atoms in total. The summed E-state index contributed by atoms with van der Waals surface area (Å²) in [6, 6.07) is 13.7. The molecule has 1 unspecified atom stereocenters. The molecule has 0 fully saturated rings. The second-order valence-electron chi connectivity index (χ2n) is 7.32. The van der Waals surface area contributed by atoms with Crippen molar-refractivity contribution in [2.75, 3.05) is 13.6 Å². The van der Waals surface area contributed by atoms with Crippen LogP contribution in [0, 0.1) is 3.57 Å². The van der Waals surface area contributed by atoms with Gasteiger partial charge in [-0.25, -0.2) is 9.59 Å². The minimum absolute atomic E-state index is 0.0796. The molecule has 0 saturated carbocycles. The van der Waals surface area contributed by atoms with Gasteiger partial charge >= 0.3 is 12.1 Å². The second-order valence-corrected chi connectivity index (χ2v) is 8.48. The van der Waals surface area contributed by atoms with Gasteiger partial charge in [0.25, 0.3) is 0 Å². The third-order valence-electron chi connectivity index (χ3n) is 3.72. The van der Waals surface area contributed by atoms with Crippen LogP contribution < -0.4 is 4.74 Å². The van der Waals surface area contributed by atoms with Crippen LogP contribution in [0.2, 0.25) is 0 Å². The molecule has 0 aromatic heterocycles. The van der Waals surface area contributed by atoms with Gasteiger partial charge in [-0.2, -0.15) is 0 Å². The van der Waals surface area contributed by atoms with Gasteiger partial charge in [-0.3, -0.25) is 0 Å². The third kappa shape index (κ3) is 6.49. The summed E-state index contributed by atoms with van der Waals surface area (Å²) in [7, 11) is 1.56. The monoisotopic (exact) mass is 497 g/mol. The maximum Gasteiger partial charge on any atom is 0.410 e. The smallest absolute Gasteiger partial charge is 0.410 e. The van der Waals surface area contributed by atoms with Crippen molar-refractivity contribution in [1.82, 2.24) is 4.90 Å². The van der Waals surface area contributed by atoms with Crippen molar-refractivity contribution in [2.24, 2.45) is 0 Å². The average Bonchev–Trinajstić information content (AvgIpc) is 2.61. The first-order valence-corrected chi connectivity index (χ1v) is 9.83. The van der Waals surface area contributed by atoms with Crippen LogP contribution in [-0.2, 0) is 4.74 Å². The number of carbonyl (C=O) groups is 2. The Morgan fingerprint density at radius 1 is 1.11 bits per heavy atom. The SMILES string of the molecule is CN(CC(O)c1ccc(OC(=O)c2ccccc2I)cc1)C(=O)OC(C)(C)C. The topological polar surface area (TPSA) is 76.1 Å². The van der Waals surface area contributed by atoms with Gasteiger partial charge in [-0.1, -0.05) is 24.3 Å². The summed E-state index contributed by atoms with van der Waals surface area (Å²) < 4.78 is 11.5. The molecule has 7 heteroatoms. The van der Waals surface area contributed by atoms with E-state index in [0.29, 0.717) is 16.9 Å². The number of nitrogens with zero attached hydrogens (tertiary/aromatic N) is 1. The molecule has 0 spiro atoms. The van der Waals surface area contributed by atoms with Gasteiger partial charge in [0.1, 0.15) is 11.4 Å². The zero-order chi connectivity index (χ0) is 20.9. The van der Waals surface area contributed by atoms with Crippen LogP contribution in [0.4, 0.5) is 4.79 Å². The number of carbonyl (C=O) groups excluding carboxylic acids is 2. The Labute approximate surface area is 178 Å². The lowest BCUT2D eigenvalue weighted by atomic mass is 10.1. The fourth-order valence-corrected chi connectivity index (χ4v) is 2.93. The van der Waals surface area contributed by atoms with Gasteiger partial charge in [-0.15, -0.1) is 0 Å². The van der Waals surface area contributed by atoms with Crippen LogP contribution in [0.25, 0.3) is 0 Å². The van der Waals surface area contributed by atoms with E-state index in [1.807, 2.05) is 12.1 Å². The summed E-state index contributed by atoms with van der Waals surface area (Å²) in [5.74, 6) is -0.0657. The van der Waals surface area contributed by atoms with Crippen LogP contribution in [0.3, 0.4) is 0 Å². The molecule has 1 amide bonds. The van der Waals surface area contributed by atoms with Gasteiger partial charge in [0.05, 0.1) is 18.2 Å². The number of benzene rings is 2. The molecule has 0 saturated heterocycles. The molecule has 1 atom stereocenters. The van der Waals surface area contributed by atoms with E-state index in [2.05, 4.69) is 22.6 Å². The van der Waals surface area contributed by atoms with Crippen molar-refractivity contribution >= 4 is 34.7 Å². The van der Waals surface area contributed by atoms with Crippen molar-refractivity contribution in [2.45, 2.75) is 32.5 Å². The summed E-state index contributed by atoms with van der Waals surface area (Å²) in [4.78, 5) is 25.6. The molecule has 0 heterocycles. The van der Waals surface area contributed by atoms with Crippen molar-refractivity contribution in [3.8, 4) is 5.75 Å². The highest BCUT2D eigenvalue weighted by atomic mass is 127. The predicted molar refractivity (Wildman–Crippen MR) is 114 cm³/mol. The first-order valence-electron chi connectivity index (χ1n) is 8.75. The number of rotatable bonds is 5. The number of likely N-dealkylation sites (N-methyl/N-ethyl adjacent to an activating group) is 1. The molecule has 0 aliphatic rings. The summed E-state index contributed by atoms with van der Waals surface area (Å²) >= 11 is 2.08. The van der Waals surface area contributed by atoms with Gasteiger partial charge in [-0.05, 0) is 73.2 Å². The van der Waals surface area contributed by atoms with E-state index in [4.69, 9.17) is 9.47 Å². The molecular weight excluding hydrogens is 473 g/mol. The van der Waals surface area contributed by atoms with E-state index in [0.717, 1.165) is 3.57 Å². The van der Waals surface area contributed by atoms with E-state index in [1.165, 1.54) is 4.90 Å².